The number of thioether (sulfide) groups is 1. The van der Waals surface area contributed by atoms with Gasteiger partial charge in [-0.05, 0) is 30.2 Å². The minimum atomic E-state index is 0.591. The van der Waals surface area contributed by atoms with Crippen LogP contribution < -0.4 is 0 Å². The van der Waals surface area contributed by atoms with Crippen molar-refractivity contribution >= 4 is 46.3 Å². The van der Waals surface area contributed by atoms with Gasteiger partial charge in [-0.25, -0.2) is 4.98 Å². The van der Waals surface area contributed by atoms with Crippen LogP contribution in [0.25, 0.3) is 0 Å². The van der Waals surface area contributed by atoms with E-state index in [1.807, 2.05) is 30.0 Å². The molecule has 124 valence electrons. The summed E-state index contributed by atoms with van der Waals surface area (Å²) in [6.07, 6.45) is 0.796. The molecule has 0 aliphatic carbocycles. The lowest BCUT2D eigenvalue weighted by molar-refractivity contribution is 1.09. The molecule has 0 atom stereocenters. The second-order valence-corrected chi connectivity index (χ2v) is 8.38. The predicted octanol–water partition coefficient (Wildman–Crippen LogP) is 6.78. The van der Waals surface area contributed by atoms with Crippen LogP contribution in [-0.2, 0) is 17.9 Å². The van der Waals surface area contributed by atoms with E-state index >= 15 is 0 Å². The lowest BCUT2D eigenvalue weighted by atomic mass is 10.2. The molecule has 0 saturated heterocycles. The Bertz CT molecular complexity index is 812. The Morgan fingerprint density at radius 2 is 1.71 bits per heavy atom. The number of aryl methyl sites for hydroxylation is 1. The summed E-state index contributed by atoms with van der Waals surface area (Å²) in [4.78, 5) is 4.72. The van der Waals surface area contributed by atoms with Gasteiger partial charge < -0.3 is 0 Å². The SMILES string of the molecule is Cc1ccc(CSCc2csc(Cc3ccc(Cl)c(Cl)c3)n2)cc1. The second-order valence-electron chi connectivity index (χ2n) is 5.64. The maximum Gasteiger partial charge on any atom is 0.0972 e. The highest BCUT2D eigenvalue weighted by atomic mass is 35.5. The van der Waals surface area contributed by atoms with Crippen LogP contribution in [0.3, 0.4) is 0 Å². The Balaban J connectivity index is 1.53. The Morgan fingerprint density at radius 3 is 2.46 bits per heavy atom. The Morgan fingerprint density at radius 1 is 0.958 bits per heavy atom. The van der Waals surface area contributed by atoms with Gasteiger partial charge in [0.15, 0.2) is 0 Å². The summed E-state index contributed by atoms with van der Waals surface area (Å²) in [6.45, 7) is 2.11. The van der Waals surface area contributed by atoms with Crippen LogP contribution in [0.15, 0.2) is 47.8 Å². The van der Waals surface area contributed by atoms with E-state index in [4.69, 9.17) is 28.2 Å². The van der Waals surface area contributed by atoms with Gasteiger partial charge in [0, 0.05) is 23.3 Å². The molecule has 0 bridgehead atoms. The van der Waals surface area contributed by atoms with Crippen LogP contribution >= 0.6 is 46.3 Å². The van der Waals surface area contributed by atoms with Crippen LogP contribution in [0.2, 0.25) is 10.0 Å². The fraction of sp³-hybridized carbons (Fsp3) is 0.211. The van der Waals surface area contributed by atoms with Crippen LogP contribution in [0.5, 0.6) is 0 Å². The molecule has 3 aromatic rings. The Hall–Kier alpha value is -1.00. The first-order chi connectivity index (χ1) is 11.6. The number of benzene rings is 2. The fourth-order valence-electron chi connectivity index (χ4n) is 2.28. The quantitative estimate of drug-likeness (QED) is 0.457. The second kappa shape index (κ2) is 8.39. The number of rotatable bonds is 6. The molecule has 5 heteroatoms. The van der Waals surface area contributed by atoms with E-state index in [9.17, 15) is 0 Å². The topological polar surface area (TPSA) is 12.9 Å². The Labute approximate surface area is 161 Å². The van der Waals surface area contributed by atoms with Gasteiger partial charge in [0.1, 0.15) is 0 Å². The van der Waals surface area contributed by atoms with Crippen LogP contribution in [0.1, 0.15) is 27.4 Å². The third-order valence-electron chi connectivity index (χ3n) is 3.58. The summed E-state index contributed by atoms with van der Waals surface area (Å²) in [5, 5.41) is 4.45. The molecule has 2 aromatic carbocycles. The number of halogens is 2. The zero-order chi connectivity index (χ0) is 16.9. The van der Waals surface area contributed by atoms with Crippen molar-refractivity contribution in [2.75, 3.05) is 0 Å². The van der Waals surface area contributed by atoms with Crippen molar-refractivity contribution in [1.29, 1.82) is 0 Å². The van der Waals surface area contributed by atoms with Crippen LogP contribution in [-0.4, -0.2) is 4.98 Å². The molecule has 1 heterocycles. The van der Waals surface area contributed by atoms with Crippen molar-refractivity contribution in [2.24, 2.45) is 0 Å². The first-order valence-electron chi connectivity index (χ1n) is 7.60. The van der Waals surface area contributed by atoms with Crippen LogP contribution in [0.4, 0.5) is 0 Å². The highest BCUT2D eigenvalue weighted by Crippen LogP contribution is 2.25. The smallest absolute Gasteiger partial charge is 0.0972 e. The molecule has 1 aromatic heterocycles. The minimum absolute atomic E-state index is 0.591. The average Bonchev–Trinajstić information content (AvgIpc) is 3.00. The standard InChI is InChI=1S/C19H17Cl2NS2/c1-13-2-4-14(5-3-13)10-23-11-16-12-24-19(22-16)9-15-6-7-17(20)18(21)8-15/h2-8,12H,9-11H2,1H3. The van der Waals surface area contributed by atoms with Gasteiger partial charge in [0.25, 0.3) is 0 Å². The van der Waals surface area contributed by atoms with Crippen molar-refractivity contribution < 1.29 is 0 Å². The average molecular weight is 394 g/mol. The van der Waals surface area contributed by atoms with Crippen LogP contribution in [0, 0.1) is 6.92 Å². The molecule has 0 amide bonds. The van der Waals surface area contributed by atoms with Gasteiger partial charge in [-0.1, -0.05) is 59.1 Å². The fourth-order valence-corrected chi connectivity index (χ4v) is 4.42. The first-order valence-corrected chi connectivity index (χ1v) is 10.4. The lowest BCUT2D eigenvalue weighted by Crippen LogP contribution is -1.89. The van der Waals surface area contributed by atoms with Crippen molar-refractivity contribution in [3.8, 4) is 0 Å². The molecular weight excluding hydrogens is 377 g/mol. The summed E-state index contributed by atoms with van der Waals surface area (Å²) in [6, 6.07) is 14.5. The molecule has 3 rings (SSSR count). The number of nitrogens with zero attached hydrogens (tertiary/aromatic N) is 1. The molecule has 0 aliphatic heterocycles. The monoisotopic (exact) mass is 393 g/mol. The highest BCUT2D eigenvalue weighted by molar-refractivity contribution is 7.97. The summed E-state index contributed by atoms with van der Waals surface area (Å²) in [5.41, 5.74) is 4.94. The van der Waals surface area contributed by atoms with Crippen molar-refractivity contribution in [3.05, 3.63) is 85.3 Å². The molecule has 1 nitrogen and oxygen atoms in total. The predicted molar refractivity (Wildman–Crippen MR) is 108 cm³/mol. The number of hydrogen-bond acceptors (Lipinski definition) is 3. The van der Waals surface area contributed by atoms with Gasteiger partial charge in [-0.15, -0.1) is 11.3 Å². The maximum atomic E-state index is 6.07. The number of aromatic nitrogens is 1. The van der Waals surface area contributed by atoms with E-state index in [1.165, 1.54) is 11.1 Å². The summed E-state index contributed by atoms with van der Waals surface area (Å²) < 4.78 is 0. The molecule has 0 saturated carbocycles. The molecule has 0 spiro atoms. The number of thiazole rings is 1. The normalized spacial score (nSPS) is 11.0. The number of hydrogen-bond donors (Lipinski definition) is 0. The van der Waals surface area contributed by atoms with Crippen molar-refractivity contribution in [1.82, 2.24) is 4.98 Å². The molecule has 0 fully saturated rings. The molecule has 0 radical (unpaired) electrons. The molecule has 24 heavy (non-hydrogen) atoms. The zero-order valence-electron chi connectivity index (χ0n) is 13.3. The highest BCUT2D eigenvalue weighted by Gasteiger charge is 2.06. The van der Waals surface area contributed by atoms with E-state index in [0.29, 0.717) is 10.0 Å². The molecule has 0 N–H and O–H groups in total. The van der Waals surface area contributed by atoms with Gasteiger partial charge in [-0.3, -0.25) is 0 Å². The summed E-state index contributed by atoms with van der Waals surface area (Å²) in [7, 11) is 0. The minimum Gasteiger partial charge on any atom is -0.245 e. The first kappa shape index (κ1) is 17.8. The summed E-state index contributed by atoms with van der Waals surface area (Å²) >= 11 is 15.6. The van der Waals surface area contributed by atoms with Gasteiger partial charge in [0.2, 0.25) is 0 Å². The van der Waals surface area contributed by atoms with Gasteiger partial charge in [-0.2, -0.15) is 11.8 Å². The lowest BCUT2D eigenvalue weighted by Gasteiger charge is -2.02. The van der Waals surface area contributed by atoms with Gasteiger partial charge >= 0.3 is 0 Å². The van der Waals surface area contributed by atoms with Crippen molar-refractivity contribution in [2.45, 2.75) is 24.9 Å². The molecular formula is C19H17Cl2NS2. The Kier molecular flexibility index (Phi) is 6.23. The summed E-state index contributed by atoms with van der Waals surface area (Å²) in [5.74, 6) is 1.95. The molecule has 0 unspecified atom stereocenters. The van der Waals surface area contributed by atoms with E-state index in [-0.39, 0.29) is 0 Å². The van der Waals surface area contributed by atoms with E-state index in [0.717, 1.165) is 34.2 Å². The van der Waals surface area contributed by atoms with E-state index in [1.54, 1.807) is 11.3 Å². The third kappa shape index (κ3) is 5.00. The van der Waals surface area contributed by atoms with Crippen molar-refractivity contribution in [3.63, 3.8) is 0 Å². The van der Waals surface area contributed by atoms with Gasteiger partial charge in [0.05, 0.1) is 20.7 Å². The third-order valence-corrected chi connectivity index (χ3v) is 6.25. The maximum absolute atomic E-state index is 6.07. The van der Waals surface area contributed by atoms with E-state index < -0.39 is 0 Å². The largest absolute Gasteiger partial charge is 0.245 e. The molecule has 0 aliphatic rings. The zero-order valence-corrected chi connectivity index (χ0v) is 16.4. The van der Waals surface area contributed by atoms with E-state index in [2.05, 4.69) is 36.6 Å².